The van der Waals surface area contributed by atoms with Crippen LogP contribution >= 0.6 is 0 Å². The second kappa shape index (κ2) is 7.11. The predicted octanol–water partition coefficient (Wildman–Crippen LogP) is 0.890. The number of nitrogens with zero attached hydrogens (tertiary/aromatic N) is 2. The van der Waals surface area contributed by atoms with Crippen LogP contribution < -0.4 is 10.5 Å². The van der Waals surface area contributed by atoms with Crippen molar-refractivity contribution in [2.75, 3.05) is 46.1 Å². The Morgan fingerprint density at radius 2 is 2.19 bits per heavy atom. The van der Waals surface area contributed by atoms with Crippen LogP contribution in [0.25, 0.3) is 0 Å². The third-order valence-electron chi connectivity index (χ3n) is 4.08. The molecule has 5 heteroatoms. The molecule has 5 nitrogen and oxygen atoms in total. The first-order valence-corrected chi connectivity index (χ1v) is 7.51. The molecular weight excluding hydrogens is 266 g/mol. The van der Waals surface area contributed by atoms with Crippen LogP contribution in [0, 0.1) is 5.92 Å². The largest absolute Gasteiger partial charge is 0.491 e. The van der Waals surface area contributed by atoms with Gasteiger partial charge in [-0.15, -0.1) is 0 Å². The molecule has 1 aromatic rings. The lowest BCUT2D eigenvalue weighted by molar-refractivity contribution is 0.0735. The van der Waals surface area contributed by atoms with Gasteiger partial charge in [0.25, 0.3) is 0 Å². The van der Waals surface area contributed by atoms with Gasteiger partial charge in [0, 0.05) is 37.4 Å². The molecule has 0 aliphatic carbocycles. The molecule has 0 saturated carbocycles. The van der Waals surface area contributed by atoms with Gasteiger partial charge in [-0.1, -0.05) is 13.0 Å². The average molecular weight is 293 g/mol. The first-order chi connectivity index (χ1) is 9.95. The number of ether oxygens (including phenoxy) is 1. The maximum Gasteiger partial charge on any atom is 0.121 e. The third kappa shape index (κ3) is 4.59. The number of benzene rings is 1. The van der Waals surface area contributed by atoms with Crippen molar-refractivity contribution in [3.8, 4) is 5.75 Å². The zero-order valence-electron chi connectivity index (χ0n) is 13.2. The highest BCUT2D eigenvalue weighted by Gasteiger charge is 2.31. The van der Waals surface area contributed by atoms with Crippen molar-refractivity contribution >= 4 is 5.69 Å². The predicted molar refractivity (Wildman–Crippen MR) is 85.4 cm³/mol. The normalized spacial score (nSPS) is 24.4. The van der Waals surface area contributed by atoms with Gasteiger partial charge in [0.1, 0.15) is 18.5 Å². The Hall–Kier alpha value is -1.30. The number of nitrogen functional groups attached to an aromatic ring is 1. The first-order valence-electron chi connectivity index (χ1n) is 7.51. The maximum atomic E-state index is 10.1. The van der Waals surface area contributed by atoms with Crippen LogP contribution in [0.3, 0.4) is 0 Å². The standard InChI is InChI=1S/C16H27N3O2/c1-12-8-19(10-16(12)18(2)3)9-14(20)11-21-15-6-4-5-13(17)7-15/h4-7,12,14,16,20H,8-11,17H2,1-3H3. The van der Waals surface area contributed by atoms with E-state index < -0.39 is 6.10 Å². The first kappa shape index (κ1) is 16.1. The van der Waals surface area contributed by atoms with Crippen molar-refractivity contribution in [1.29, 1.82) is 0 Å². The van der Waals surface area contributed by atoms with Crippen molar-refractivity contribution in [2.45, 2.75) is 19.1 Å². The Bertz CT molecular complexity index is 453. The number of β-amino-alcohol motifs (C(OH)–C–C–N with tert-alkyl or cyclic N) is 1. The van der Waals surface area contributed by atoms with Gasteiger partial charge >= 0.3 is 0 Å². The Kier molecular flexibility index (Phi) is 5.45. The summed E-state index contributed by atoms with van der Waals surface area (Å²) in [6, 6.07) is 7.85. The second-order valence-corrected chi connectivity index (χ2v) is 6.26. The molecular formula is C16H27N3O2. The maximum absolute atomic E-state index is 10.1. The lowest BCUT2D eigenvalue weighted by Crippen LogP contribution is -2.37. The number of anilines is 1. The van der Waals surface area contributed by atoms with Crippen molar-refractivity contribution in [2.24, 2.45) is 5.92 Å². The molecule has 1 saturated heterocycles. The number of aliphatic hydroxyl groups excluding tert-OH is 1. The number of likely N-dealkylation sites (N-methyl/N-ethyl adjacent to an activating group) is 1. The zero-order valence-corrected chi connectivity index (χ0v) is 13.2. The molecule has 3 unspecified atom stereocenters. The monoisotopic (exact) mass is 293 g/mol. The Balaban J connectivity index is 1.76. The molecule has 21 heavy (non-hydrogen) atoms. The Morgan fingerprint density at radius 3 is 2.81 bits per heavy atom. The summed E-state index contributed by atoms with van der Waals surface area (Å²) in [4.78, 5) is 4.57. The van der Waals surface area contributed by atoms with Crippen molar-refractivity contribution in [3.05, 3.63) is 24.3 Å². The lowest BCUT2D eigenvalue weighted by atomic mass is 10.1. The van der Waals surface area contributed by atoms with E-state index in [-0.39, 0.29) is 0 Å². The Morgan fingerprint density at radius 1 is 1.43 bits per heavy atom. The summed E-state index contributed by atoms with van der Waals surface area (Å²) >= 11 is 0. The van der Waals surface area contributed by atoms with E-state index >= 15 is 0 Å². The number of rotatable bonds is 6. The summed E-state index contributed by atoms with van der Waals surface area (Å²) in [5.41, 5.74) is 6.37. The molecule has 1 aromatic carbocycles. The minimum absolute atomic E-state index is 0.293. The van der Waals surface area contributed by atoms with E-state index in [2.05, 4.69) is 30.8 Å². The molecule has 1 aliphatic rings. The van der Waals surface area contributed by atoms with Crippen LogP contribution in [-0.2, 0) is 0 Å². The molecule has 0 spiro atoms. The number of hydrogen-bond donors (Lipinski definition) is 2. The highest BCUT2D eigenvalue weighted by Crippen LogP contribution is 2.20. The SMILES string of the molecule is CC1CN(CC(O)COc2cccc(N)c2)CC1N(C)C. The van der Waals surface area contributed by atoms with Gasteiger partial charge in [-0.3, -0.25) is 4.90 Å². The topological polar surface area (TPSA) is 62.0 Å². The highest BCUT2D eigenvalue weighted by atomic mass is 16.5. The van der Waals surface area contributed by atoms with Gasteiger partial charge in [0.2, 0.25) is 0 Å². The summed E-state index contributed by atoms with van der Waals surface area (Å²) in [5, 5.41) is 10.1. The number of nitrogens with two attached hydrogens (primary N) is 1. The molecule has 3 N–H and O–H groups in total. The van der Waals surface area contributed by atoms with E-state index in [4.69, 9.17) is 10.5 Å². The number of hydrogen-bond acceptors (Lipinski definition) is 5. The molecule has 2 rings (SSSR count). The molecule has 0 aromatic heterocycles. The zero-order chi connectivity index (χ0) is 15.4. The smallest absolute Gasteiger partial charge is 0.121 e. The minimum atomic E-state index is -0.487. The van der Waals surface area contributed by atoms with E-state index in [0.717, 1.165) is 13.1 Å². The molecule has 1 aliphatic heterocycles. The second-order valence-electron chi connectivity index (χ2n) is 6.26. The van der Waals surface area contributed by atoms with E-state index in [9.17, 15) is 5.11 Å². The van der Waals surface area contributed by atoms with Crippen molar-refractivity contribution < 1.29 is 9.84 Å². The van der Waals surface area contributed by atoms with Crippen LogP contribution in [0.5, 0.6) is 5.75 Å². The van der Waals surface area contributed by atoms with Crippen LogP contribution in [0.2, 0.25) is 0 Å². The van der Waals surface area contributed by atoms with Crippen molar-refractivity contribution in [3.63, 3.8) is 0 Å². The van der Waals surface area contributed by atoms with E-state index in [1.54, 1.807) is 6.07 Å². The quantitative estimate of drug-likeness (QED) is 0.763. The minimum Gasteiger partial charge on any atom is -0.491 e. The average Bonchev–Trinajstić information content (AvgIpc) is 2.77. The van der Waals surface area contributed by atoms with Crippen LogP contribution in [0.1, 0.15) is 6.92 Å². The fourth-order valence-electron chi connectivity index (χ4n) is 3.02. The molecule has 1 fully saturated rings. The fourth-order valence-corrected chi connectivity index (χ4v) is 3.02. The summed E-state index contributed by atoms with van der Waals surface area (Å²) in [6.45, 7) is 5.24. The Labute approximate surface area is 127 Å². The van der Waals surface area contributed by atoms with Crippen LogP contribution in [0.4, 0.5) is 5.69 Å². The van der Waals surface area contributed by atoms with E-state index in [0.29, 0.717) is 36.5 Å². The summed E-state index contributed by atoms with van der Waals surface area (Å²) in [6.07, 6.45) is -0.487. The molecule has 0 bridgehead atoms. The number of aliphatic hydroxyl groups is 1. The summed E-state index contributed by atoms with van der Waals surface area (Å²) < 4.78 is 5.59. The molecule has 1 heterocycles. The van der Waals surface area contributed by atoms with Crippen LogP contribution in [0.15, 0.2) is 24.3 Å². The molecule has 0 radical (unpaired) electrons. The lowest BCUT2D eigenvalue weighted by Gasteiger charge is -2.23. The molecule has 118 valence electrons. The molecule has 3 atom stereocenters. The van der Waals surface area contributed by atoms with E-state index in [1.165, 1.54) is 0 Å². The van der Waals surface area contributed by atoms with E-state index in [1.807, 2.05) is 18.2 Å². The summed E-state index contributed by atoms with van der Waals surface area (Å²) in [7, 11) is 4.23. The highest BCUT2D eigenvalue weighted by molar-refractivity contribution is 5.43. The van der Waals surface area contributed by atoms with Gasteiger partial charge in [-0.2, -0.15) is 0 Å². The van der Waals surface area contributed by atoms with Gasteiger partial charge < -0.3 is 20.5 Å². The third-order valence-corrected chi connectivity index (χ3v) is 4.08. The number of likely N-dealkylation sites (tertiary alicyclic amines) is 1. The molecule has 0 amide bonds. The summed E-state index contributed by atoms with van der Waals surface area (Å²) in [5.74, 6) is 1.33. The van der Waals surface area contributed by atoms with Gasteiger partial charge in [0.05, 0.1) is 0 Å². The fraction of sp³-hybridized carbons (Fsp3) is 0.625. The van der Waals surface area contributed by atoms with Crippen molar-refractivity contribution in [1.82, 2.24) is 9.80 Å². The van der Waals surface area contributed by atoms with Gasteiger partial charge in [-0.05, 0) is 32.1 Å². The van der Waals surface area contributed by atoms with Gasteiger partial charge in [0.15, 0.2) is 0 Å². The van der Waals surface area contributed by atoms with Crippen LogP contribution in [-0.4, -0.2) is 67.4 Å². The van der Waals surface area contributed by atoms with Gasteiger partial charge in [-0.25, -0.2) is 0 Å².